The number of hydrogen-bond acceptors (Lipinski definition) is 5. The molecule has 138 valence electrons. The zero-order valence-electron chi connectivity index (χ0n) is 14.4. The van der Waals surface area contributed by atoms with Crippen LogP contribution in [0.25, 0.3) is 11.0 Å². The van der Waals surface area contributed by atoms with Crippen molar-refractivity contribution in [3.05, 3.63) is 54.0 Å². The minimum Gasteiger partial charge on any atom is -0.493 e. The average Bonchev–Trinajstić information content (AvgIpc) is 3.05. The highest BCUT2D eigenvalue weighted by molar-refractivity contribution is 7.89. The Morgan fingerprint density at radius 1 is 1.08 bits per heavy atom. The van der Waals surface area contributed by atoms with Crippen LogP contribution in [0.5, 0.6) is 11.5 Å². The molecule has 1 unspecified atom stereocenters. The number of sulfonamides is 1. The summed E-state index contributed by atoms with van der Waals surface area (Å²) in [5.41, 5.74) is 0.644. The number of rotatable bonds is 6. The van der Waals surface area contributed by atoms with E-state index < -0.39 is 26.8 Å². The van der Waals surface area contributed by atoms with Crippen molar-refractivity contribution in [2.75, 3.05) is 14.2 Å². The highest BCUT2D eigenvalue weighted by Crippen LogP contribution is 2.32. The fourth-order valence-electron chi connectivity index (χ4n) is 2.61. The van der Waals surface area contributed by atoms with Gasteiger partial charge in [-0.3, -0.25) is 0 Å². The van der Waals surface area contributed by atoms with Crippen molar-refractivity contribution in [2.45, 2.75) is 17.9 Å². The van der Waals surface area contributed by atoms with Gasteiger partial charge in [0.1, 0.15) is 22.1 Å². The number of benzene rings is 2. The van der Waals surface area contributed by atoms with Gasteiger partial charge in [0.2, 0.25) is 10.0 Å². The fourth-order valence-corrected chi connectivity index (χ4v) is 3.90. The molecule has 1 aromatic heterocycles. The van der Waals surface area contributed by atoms with Gasteiger partial charge in [0.05, 0.1) is 20.3 Å². The number of halogens is 1. The highest BCUT2D eigenvalue weighted by Gasteiger charge is 2.26. The summed E-state index contributed by atoms with van der Waals surface area (Å²) in [5.74, 6) is -0.289. The van der Waals surface area contributed by atoms with Crippen LogP contribution in [0.1, 0.15) is 18.7 Å². The number of fused-ring (bicyclic) bond motifs is 1. The van der Waals surface area contributed by atoms with E-state index in [0.29, 0.717) is 11.3 Å². The van der Waals surface area contributed by atoms with E-state index in [1.807, 2.05) is 18.2 Å². The summed E-state index contributed by atoms with van der Waals surface area (Å²) < 4.78 is 57.7. The molecule has 0 radical (unpaired) electrons. The van der Waals surface area contributed by atoms with Crippen molar-refractivity contribution in [3.63, 3.8) is 0 Å². The molecule has 0 amide bonds. The van der Waals surface area contributed by atoms with Gasteiger partial charge >= 0.3 is 0 Å². The van der Waals surface area contributed by atoms with Crippen molar-refractivity contribution in [1.82, 2.24) is 4.72 Å². The van der Waals surface area contributed by atoms with Gasteiger partial charge in [-0.1, -0.05) is 18.2 Å². The van der Waals surface area contributed by atoms with Gasteiger partial charge in [-0.05, 0) is 19.1 Å². The van der Waals surface area contributed by atoms with E-state index >= 15 is 0 Å². The summed E-state index contributed by atoms with van der Waals surface area (Å²) in [6.45, 7) is 1.62. The summed E-state index contributed by atoms with van der Waals surface area (Å²) in [5, 5.41) is 0.853. The van der Waals surface area contributed by atoms with Gasteiger partial charge in [0.15, 0.2) is 11.5 Å². The first-order valence-electron chi connectivity index (χ1n) is 7.78. The van der Waals surface area contributed by atoms with Crippen LogP contribution in [-0.2, 0) is 10.0 Å². The Labute approximate surface area is 150 Å². The Hall–Kier alpha value is -2.58. The van der Waals surface area contributed by atoms with Gasteiger partial charge in [-0.2, -0.15) is 0 Å². The third kappa shape index (κ3) is 3.38. The maximum absolute atomic E-state index is 14.3. The molecule has 3 rings (SSSR count). The number of methoxy groups -OCH3 is 2. The predicted octanol–water partition coefficient (Wildman–Crippen LogP) is 3.63. The van der Waals surface area contributed by atoms with E-state index in [4.69, 9.17) is 13.9 Å². The zero-order valence-corrected chi connectivity index (χ0v) is 15.3. The first kappa shape index (κ1) is 18.2. The van der Waals surface area contributed by atoms with E-state index in [-0.39, 0.29) is 11.5 Å². The lowest BCUT2D eigenvalue weighted by Crippen LogP contribution is -2.27. The molecule has 0 aliphatic heterocycles. The number of para-hydroxylation sites is 1. The first-order valence-corrected chi connectivity index (χ1v) is 9.26. The van der Waals surface area contributed by atoms with Crippen LogP contribution in [-0.4, -0.2) is 22.6 Å². The Morgan fingerprint density at radius 2 is 1.73 bits per heavy atom. The molecule has 1 atom stereocenters. The second-order valence-corrected chi connectivity index (χ2v) is 7.35. The summed E-state index contributed by atoms with van der Waals surface area (Å²) in [7, 11) is -1.47. The van der Waals surface area contributed by atoms with Gasteiger partial charge in [-0.25, -0.2) is 17.5 Å². The van der Waals surface area contributed by atoms with Crippen LogP contribution in [0.2, 0.25) is 0 Å². The van der Waals surface area contributed by atoms with Gasteiger partial charge < -0.3 is 13.9 Å². The molecule has 26 heavy (non-hydrogen) atoms. The number of furan rings is 1. The van der Waals surface area contributed by atoms with E-state index in [2.05, 4.69) is 4.72 Å². The Balaban J connectivity index is 1.93. The topological polar surface area (TPSA) is 77.8 Å². The summed E-state index contributed by atoms with van der Waals surface area (Å²) >= 11 is 0. The van der Waals surface area contributed by atoms with Crippen molar-refractivity contribution in [2.24, 2.45) is 0 Å². The second-order valence-electron chi connectivity index (χ2n) is 5.67. The number of ether oxygens (including phenoxy) is 2. The Bertz CT molecular complexity index is 1010. The average molecular weight is 379 g/mol. The smallest absolute Gasteiger partial charge is 0.244 e. The molecule has 1 heterocycles. The lowest BCUT2D eigenvalue weighted by atomic mass is 10.2. The highest BCUT2D eigenvalue weighted by atomic mass is 32.2. The van der Waals surface area contributed by atoms with E-state index in [0.717, 1.165) is 17.5 Å². The molecule has 0 saturated heterocycles. The Morgan fingerprint density at radius 3 is 2.38 bits per heavy atom. The maximum Gasteiger partial charge on any atom is 0.244 e. The normalized spacial score (nSPS) is 12.9. The molecule has 0 saturated carbocycles. The summed E-state index contributed by atoms with van der Waals surface area (Å²) in [6, 6.07) is 10.4. The lowest BCUT2D eigenvalue weighted by Gasteiger charge is -2.14. The van der Waals surface area contributed by atoms with Crippen LogP contribution in [0.15, 0.2) is 51.8 Å². The monoisotopic (exact) mass is 379 g/mol. The zero-order chi connectivity index (χ0) is 18.9. The first-order chi connectivity index (χ1) is 12.4. The number of hydrogen-bond donors (Lipinski definition) is 1. The van der Waals surface area contributed by atoms with Crippen LogP contribution >= 0.6 is 0 Å². The predicted molar refractivity (Wildman–Crippen MR) is 94.5 cm³/mol. The van der Waals surface area contributed by atoms with Crippen LogP contribution in [0.3, 0.4) is 0 Å². The van der Waals surface area contributed by atoms with Crippen molar-refractivity contribution < 1.29 is 26.7 Å². The largest absolute Gasteiger partial charge is 0.493 e. The molecule has 0 fully saturated rings. The fraction of sp³-hybridized carbons (Fsp3) is 0.222. The third-order valence-electron chi connectivity index (χ3n) is 3.93. The van der Waals surface area contributed by atoms with Crippen LogP contribution < -0.4 is 14.2 Å². The van der Waals surface area contributed by atoms with Gasteiger partial charge in [0.25, 0.3) is 0 Å². The maximum atomic E-state index is 14.3. The quantitative estimate of drug-likeness (QED) is 0.708. The summed E-state index contributed by atoms with van der Waals surface area (Å²) in [6.07, 6.45) is 0. The minimum atomic E-state index is -4.15. The summed E-state index contributed by atoms with van der Waals surface area (Å²) in [4.78, 5) is -0.530. The lowest BCUT2D eigenvalue weighted by molar-refractivity contribution is 0.350. The van der Waals surface area contributed by atoms with Gasteiger partial charge in [0, 0.05) is 17.5 Å². The molecular formula is C18H18FNO5S. The molecule has 1 N–H and O–H groups in total. The van der Waals surface area contributed by atoms with E-state index in [9.17, 15) is 12.8 Å². The van der Waals surface area contributed by atoms with Crippen LogP contribution in [0.4, 0.5) is 4.39 Å². The minimum absolute atomic E-state index is 0.106. The SMILES string of the molecule is COc1cc(F)c(S(=O)(=O)NC(C)c2cc3ccccc3o2)cc1OC. The molecule has 3 aromatic rings. The second kappa shape index (κ2) is 6.97. The van der Waals surface area contributed by atoms with Crippen LogP contribution in [0, 0.1) is 5.82 Å². The molecule has 8 heteroatoms. The molecule has 0 bridgehead atoms. The molecule has 2 aromatic carbocycles. The van der Waals surface area contributed by atoms with Crippen molar-refractivity contribution in [1.29, 1.82) is 0 Å². The van der Waals surface area contributed by atoms with Gasteiger partial charge in [-0.15, -0.1) is 0 Å². The Kier molecular flexibility index (Phi) is 4.88. The van der Waals surface area contributed by atoms with Crippen molar-refractivity contribution in [3.8, 4) is 11.5 Å². The number of nitrogens with one attached hydrogen (secondary N) is 1. The molecule has 0 aliphatic rings. The van der Waals surface area contributed by atoms with E-state index in [1.165, 1.54) is 14.2 Å². The molecule has 0 spiro atoms. The molecule has 0 aliphatic carbocycles. The third-order valence-corrected chi connectivity index (χ3v) is 5.49. The standard InChI is InChI=1S/C18H18FNO5S/c1-11(15-8-12-6-4-5-7-14(12)25-15)20-26(21,22)18-10-17(24-3)16(23-2)9-13(18)19/h4-11,20H,1-3H3. The van der Waals surface area contributed by atoms with Crippen molar-refractivity contribution >= 4 is 21.0 Å². The molecular weight excluding hydrogens is 361 g/mol. The van der Waals surface area contributed by atoms with E-state index in [1.54, 1.807) is 19.1 Å². The molecule has 6 nitrogen and oxygen atoms in total.